The van der Waals surface area contributed by atoms with Gasteiger partial charge in [-0.3, -0.25) is 9.59 Å². The molecule has 0 N–H and O–H groups in total. The van der Waals surface area contributed by atoms with Crippen molar-refractivity contribution in [2.45, 2.75) is 45.1 Å². The monoisotopic (exact) mass is 332 g/mol. The van der Waals surface area contributed by atoms with Gasteiger partial charge in [-0.05, 0) is 50.3 Å². The van der Waals surface area contributed by atoms with Gasteiger partial charge in [0.1, 0.15) is 5.82 Å². The molecule has 2 atom stereocenters. The van der Waals surface area contributed by atoms with Crippen molar-refractivity contribution in [3.63, 3.8) is 0 Å². The average molecular weight is 332 g/mol. The molecule has 0 aromatic heterocycles. The lowest BCUT2D eigenvalue weighted by Crippen LogP contribution is -2.45. The van der Waals surface area contributed by atoms with Crippen LogP contribution in [0, 0.1) is 11.7 Å². The van der Waals surface area contributed by atoms with Crippen LogP contribution in [0.2, 0.25) is 0 Å². The lowest BCUT2D eigenvalue weighted by Gasteiger charge is -2.35. The highest BCUT2D eigenvalue weighted by molar-refractivity contribution is 5.89. The lowest BCUT2D eigenvalue weighted by atomic mass is 9.99. The molecule has 1 aromatic rings. The topological polar surface area (TPSA) is 40.6 Å². The maximum atomic E-state index is 12.9. The van der Waals surface area contributed by atoms with E-state index in [0.29, 0.717) is 25.9 Å². The summed E-state index contributed by atoms with van der Waals surface area (Å²) in [5.41, 5.74) is 1.00. The molecule has 0 spiro atoms. The predicted molar refractivity (Wildman–Crippen MR) is 89.8 cm³/mol. The van der Waals surface area contributed by atoms with E-state index in [1.54, 1.807) is 17.0 Å². The molecule has 2 aliphatic rings. The number of halogens is 1. The summed E-state index contributed by atoms with van der Waals surface area (Å²) in [7, 11) is 0. The molecule has 0 bridgehead atoms. The molecule has 24 heavy (non-hydrogen) atoms. The van der Waals surface area contributed by atoms with Crippen LogP contribution in [0.5, 0.6) is 0 Å². The third-order valence-electron chi connectivity index (χ3n) is 5.23. The molecule has 4 nitrogen and oxygen atoms in total. The Kier molecular flexibility index (Phi) is 5.17. The summed E-state index contributed by atoms with van der Waals surface area (Å²) < 4.78 is 12.9. The van der Waals surface area contributed by atoms with E-state index in [2.05, 4.69) is 6.92 Å². The van der Waals surface area contributed by atoms with Crippen LogP contribution in [0.25, 0.3) is 0 Å². The molecule has 2 fully saturated rings. The third kappa shape index (κ3) is 3.77. The molecule has 0 aliphatic carbocycles. The first kappa shape index (κ1) is 16.9. The summed E-state index contributed by atoms with van der Waals surface area (Å²) >= 11 is 0. The first-order valence-electron chi connectivity index (χ1n) is 8.87. The Morgan fingerprint density at radius 2 is 2.00 bits per heavy atom. The van der Waals surface area contributed by atoms with Crippen LogP contribution in [-0.2, 0) is 16.0 Å². The average Bonchev–Trinajstić information content (AvgIpc) is 2.95. The van der Waals surface area contributed by atoms with Gasteiger partial charge in [-0.15, -0.1) is 0 Å². The number of likely N-dealkylation sites (tertiary alicyclic amines) is 2. The van der Waals surface area contributed by atoms with Crippen molar-refractivity contribution >= 4 is 11.8 Å². The number of amides is 2. The second-order valence-corrected chi connectivity index (χ2v) is 6.99. The van der Waals surface area contributed by atoms with Gasteiger partial charge in [0.05, 0.1) is 5.92 Å². The van der Waals surface area contributed by atoms with Crippen molar-refractivity contribution in [2.24, 2.45) is 5.92 Å². The molecule has 3 rings (SSSR count). The second-order valence-electron chi connectivity index (χ2n) is 6.99. The number of hydrogen-bond donors (Lipinski definition) is 0. The van der Waals surface area contributed by atoms with Gasteiger partial charge in [-0.2, -0.15) is 0 Å². The SMILES string of the molecule is C[C@H]1CCCCN1C(=O)[C@H]1CC(=O)N(CCc2ccc(F)cc2)C1. The quantitative estimate of drug-likeness (QED) is 0.850. The maximum absolute atomic E-state index is 12.9. The summed E-state index contributed by atoms with van der Waals surface area (Å²) in [5.74, 6) is -0.261. The van der Waals surface area contributed by atoms with Crippen molar-refractivity contribution < 1.29 is 14.0 Å². The van der Waals surface area contributed by atoms with Crippen molar-refractivity contribution in [3.8, 4) is 0 Å². The number of benzene rings is 1. The van der Waals surface area contributed by atoms with Gasteiger partial charge in [0.15, 0.2) is 0 Å². The minimum atomic E-state index is -0.252. The first-order chi connectivity index (χ1) is 11.5. The fraction of sp³-hybridized carbons (Fsp3) is 0.579. The molecule has 2 amide bonds. The van der Waals surface area contributed by atoms with Gasteiger partial charge < -0.3 is 9.80 Å². The minimum Gasteiger partial charge on any atom is -0.342 e. The predicted octanol–water partition coefficient (Wildman–Crippen LogP) is 2.62. The van der Waals surface area contributed by atoms with Crippen LogP contribution in [0.15, 0.2) is 24.3 Å². The summed E-state index contributed by atoms with van der Waals surface area (Å²) in [6.45, 7) is 4.02. The van der Waals surface area contributed by atoms with E-state index in [-0.39, 0.29) is 29.6 Å². The second kappa shape index (κ2) is 7.32. The Balaban J connectivity index is 1.55. The Labute approximate surface area is 142 Å². The molecule has 0 radical (unpaired) electrons. The van der Waals surface area contributed by atoms with Gasteiger partial charge in [-0.1, -0.05) is 12.1 Å². The van der Waals surface area contributed by atoms with E-state index in [1.165, 1.54) is 18.6 Å². The Morgan fingerprint density at radius 3 is 2.71 bits per heavy atom. The van der Waals surface area contributed by atoms with Crippen molar-refractivity contribution in [3.05, 3.63) is 35.6 Å². The molecular weight excluding hydrogens is 307 g/mol. The number of nitrogens with zero attached hydrogens (tertiary/aromatic N) is 2. The Morgan fingerprint density at radius 1 is 1.25 bits per heavy atom. The van der Waals surface area contributed by atoms with E-state index >= 15 is 0 Å². The zero-order valence-corrected chi connectivity index (χ0v) is 14.2. The highest BCUT2D eigenvalue weighted by Gasteiger charge is 2.37. The van der Waals surface area contributed by atoms with Crippen molar-refractivity contribution in [1.29, 1.82) is 0 Å². The number of piperidine rings is 1. The highest BCUT2D eigenvalue weighted by Crippen LogP contribution is 2.25. The fourth-order valence-electron chi connectivity index (χ4n) is 3.73. The van der Waals surface area contributed by atoms with E-state index in [1.807, 2.05) is 4.90 Å². The van der Waals surface area contributed by atoms with Gasteiger partial charge in [0.25, 0.3) is 0 Å². The zero-order chi connectivity index (χ0) is 17.1. The van der Waals surface area contributed by atoms with Crippen molar-refractivity contribution in [1.82, 2.24) is 9.80 Å². The van der Waals surface area contributed by atoms with E-state index in [9.17, 15) is 14.0 Å². The van der Waals surface area contributed by atoms with Crippen molar-refractivity contribution in [2.75, 3.05) is 19.6 Å². The normalized spacial score (nSPS) is 24.5. The van der Waals surface area contributed by atoms with Gasteiger partial charge in [-0.25, -0.2) is 4.39 Å². The molecule has 2 saturated heterocycles. The molecule has 0 saturated carbocycles. The van der Waals surface area contributed by atoms with Crippen LogP contribution < -0.4 is 0 Å². The van der Waals surface area contributed by atoms with Crippen LogP contribution in [0.4, 0.5) is 4.39 Å². The first-order valence-corrected chi connectivity index (χ1v) is 8.87. The molecule has 5 heteroatoms. The summed E-state index contributed by atoms with van der Waals surface area (Å²) in [5, 5.41) is 0. The minimum absolute atomic E-state index is 0.0557. The fourth-order valence-corrected chi connectivity index (χ4v) is 3.73. The molecule has 0 unspecified atom stereocenters. The zero-order valence-electron chi connectivity index (χ0n) is 14.2. The van der Waals surface area contributed by atoms with Gasteiger partial charge in [0.2, 0.25) is 11.8 Å². The number of carbonyl (C=O) groups excluding carboxylic acids is 2. The summed E-state index contributed by atoms with van der Waals surface area (Å²) in [6, 6.07) is 6.65. The van der Waals surface area contributed by atoms with Crippen LogP contribution in [0.3, 0.4) is 0 Å². The van der Waals surface area contributed by atoms with Crippen LogP contribution in [0.1, 0.15) is 38.2 Å². The Bertz CT molecular complexity index is 602. The van der Waals surface area contributed by atoms with E-state index in [0.717, 1.165) is 24.9 Å². The maximum Gasteiger partial charge on any atom is 0.228 e. The highest BCUT2D eigenvalue weighted by atomic mass is 19.1. The number of rotatable bonds is 4. The Hall–Kier alpha value is -1.91. The van der Waals surface area contributed by atoms with E-state index in [4.69, 9.17) is 0 Å². The lowest BCUT2D eigenvalue weighted by molar-refractivity contribution is -0.139. The number of carbonyl (C=O) groups is 2. The van der Waals surface area contributed by atoms with Gasteiger partial charge in [0, 0.05) is 32.1 Å². The third-order valence-corrected chi connectivity index (χ3v) is 5.23. The van der Waals surface area contributed by atoms with Gasteiger partial charge >= 0.3 is 0 Å². The molecular formula is C19H25FN2O2. The van der Waals surface area contributed by atoms with E-state index < -0.39 is 0 Å². The number of hydrogen-bond acceptors (Lipinski definition) is 2. The van der Waals surface area contributed by atoms with Crippen LogP contribution in [-0.4, -0.2) is 47.3 Å². The molecule has 1 aromatic carbocycles. The molecule has 130 valence electrons. The van der Waals surface area contributed by atoms with Crippen LogP contribution >= 0.6 is 0 Å². The molecule has 2 aliphatic heterocycles. The summed E-state index contributed by atoms with van der Waals surface area (Å²) in [4.78, 5) is 28.7. The largest absolute Gasteiger partial charge is 0.342 e. The summed E-state index contributed by atoms with van der Waals surface area (Å²) in [6.07, 6.45) is 4.31. The molecule has 2 heterocycles. The standard InChI is InChI=1S/C19H25FN2O2/c1-14-4-2-3-10-22(14)19(24)16-12-18(23)21(13-16)11-9-15-5-7-17(20)8-6-15/h5-8,14,16H,2-4,9-13H2,1H3/t14-,16-/m0/s1. The smallest absolute Gasteiger partial charge is 0.228 e.